The number of hydrogen-bond acceptors (Lipinski definition) is 2. The second-order valence-corrected chi connectivity index (χ2v) is 5.20. The van der Waals surface area contributed by atoms with Crippen molar-refractivity contribution in [1.29, 1.82) is 0 Å². The van der Waals surface area contributed by atoms with Gasteiger partial charge in [0.2, 0.25) is 5.56 Å². The van der Waals surface area contributed by atoms with E-state index >= 15 is 0 Å². The lowest BCUT2D eigenvalue weighted by Gasteiger charge is -2.06. The van der Waals surface area contributed by atoms with Gasteiger partial charge >= 0.3 is 0 Å². The highest BCUT2D eigenvalue weighted by atomic mass is 16.1. The van der Waals surface area contributed by atoms with Crippen LogP contribution in [0.4, 0.5) is 5.69 Å². The van der Waals surface area contributed by atoms with Crippen LogP contribution in [0.3, 0.4) is 0 Å². The fourth-order valence-electron chi connectivity index (χ4n) is 2.06. The number of pyridine rings is 1. The normalized spacial score (nSPS) is 11.4. The topological polar surface area (TPSA) is 72.4 Å². The van der Waals surface area contributed by atoms with Crippen molar-refractivity contribution in [3.05, 3.63) is 64.6 Å². The highest BCUT2D eigenvalue weighted by molar-refractivity contribution is 5.92. The third-order valence-electron chi connectivity index (χ3n) is 3.31. The molecule has 1 aromatic heterocycles. The number of aromatic nitrogens is 1. The molecule has 5 heteroatoms. The van der Waals surface area contributed by atoms with Gasteiger partial charge in [-0.1, -0.05) is 23.8 Å². The number of aliphatic imine (C=N–C) groups is 1. The Morgan fingerprint density at radius 1 is 1.18 bits per heavy atom. The van der Waals surface area contributed by atoms with Gasteiger partial charge < -0.3 is 15.6 Å². The van der Waals surface area contributed by atoms with Crippen molar-refractivity contribution in [2.24, 2.45) is 10.7 Å². The molecule has 0 unspecified atom stereocenters. The second-order valence-electron chi connectivity index (χ2n) is 5.20. The summed E-state index contributed by atoms with van der Waals surface area (Å²) >= 11 is 0. The summed E-state index contributed by atoms with van der Waals surface area (Å²) in [6.07, 6.45) is 3.59. The number of aryl methyl sites for hydroxylation is 2. The standard InChI is InChI=1S/C17H22N4O/c1-14-7-9-15(10-8-14)20-17(18)19-11-3-5-13-21-12-4-2-6-16(21)22/h2,4,6-10,12H,3,5,11,13H2,1H3,(H3,18,19,20). The van der Waals surface area contributed by atoms with E-state index in [0.29, 0.717) is 19.0 Å². The smallest absolute Gasteiger partial charge is 0.250 e. The fraction of sp³-hybridized carbons (Fsp3) is 0.294. The molecule has 0 saturated carbocycles. The lowest BCUT2D eigenvalue weighted by molar-refractivity contribution is 0.599. The average Bonchev–Trinajstić information content (AvgIpc) is 2.51. The van der Waals surface area contributed by atoms with E-state index in [0.717, 1.165) is 18.5 Å². The molecule has 22 heavy (non-hydrogen) atoms. The Kier molecular flexibility index (Phi) is 5.77. The minimum atomic E-state index is 0.0338. The second kappa shape index (κ2) is 8.02. The lowest BCUT2D eigenvalue weighted by atomic mass is 10.2. The Hall–Kier alpha value is -2.56. The minimum absolute atomic E-state index is 0.0338. The molecular weight excluding hydrogens is 276 g/mol. The maximum absolute atomic E-state index is 11.5. The highest BCUT2D eigenvalue weighted by Crippen LogP contribution is 2.07. The number of nitrogens with one attached hydrogen (secondary N) is 1. The maximum Gasteiger partial charge on any atom is 0.250 e. The van der Waals surface area contributed by atoms with Crippen LogP contribution in [0.2, 0.25) is 0 Å². The van der Waals surface area contributed by atoms with Crippen molar-refractivity contribution >= 4 is 11.6 Å². The van der Waals surface area contributed by atoms with Gasteiger partial charge in [0.15, 0.2) is 5.96 Å². The molecule has 1 heterocycles. The van der Waals surface area contributed by atoms with E-state index in [1.807, 2.05) is 37.3 Å². The van der Waals surface area contributed by atoms with Crippen LogP contribution in [0, 0.1) is 6.92 Å². The van der Waals surface area contributed by atoms with Crippen LogP contribution in [0.25, 0.3) is 0 Å². The zero-order valence-electron chi connectivity index (χ0n) is 12.8. The summed E-state index contributed by atoms with van der Waals surface area (Å²) < 4.78 is 1.71. The first-order chi connectivity index (χ1) is 10.6. The predicted molar refractivity (Wildman–Crippen MR) is 91.2 cm³/mol. The Labute approximate surface area is 130 Å². The molecular formula is C17H22N4O. The van der Waals surface area contributed by atoms with E-state index in [4.69, 9.17) is 5.73 Å². The zero-order valence-corrected chi connectivity index (χ0v) is 12.8. The molecule has 0 radical (unpaired) electrons. The number of nitrogens with zero attached hydrogens (tertiary/aromatic N) is 2. The summed E-state index contributed by atoms with van der Waals surface area (Å²) in [5, 5.41) is 3.06. The number of anilines is 1. The lowest BCUT2D eigenvalue weighted by Crippen LogP contribution is -2.23. The minimum Gasteiger partial charge on any atom is -0.370 e. The molecule has 0 bridgehead atoms. The van der Waals surface area contributed by atoms with Crippen molar-refractivity contribution < 1.29 is 0 Å². The SMILES string of the molecule is Cc1ccc(NC(N)=NCCCCn2ccccc2=O)cc1. The maximum atomic E-state index is 11.5. The van der Waals surface area contributed by atoms with E-state index in [9.17, 15) is 4.79 Å². The van der Waals surface area contributed by atoms with Crippen molar-refractivity contribution in [1.82, 2.24) is 4.57 Å². The van der Waals surface area contributed by atoms with Crippen LogP contribution >= 0.6 is 0 Å². The summed E-state index contributed by atoms with van der Waals surface area (Å²) in [5.41, 5.74) is 8.02. The van der Waals surface area contributed by atoms with Crippen LogP contribution in [-0.2, 0) is 6.54 Å². The van der Waals surface area contributed by atoms with Crippen molar-refractivity contribution in [3.63, 3.8) is 0 Å². The summed E-state index contributed by atoms with van der Waals surface area (Å²) in [6, 6.07) is 13.2. The quantitative estimate of drug-likeness (QED) is 0.488. The van der Waals surface area contributed by atoms with Gasteiger partial charge in [-0.05, 0) is 38.0 Å². The van der Waals surface area contributed by atoms with E-state index in [2.05, 4.69) is 10.3 Å². The molecule has 0 aliphatic rings. The molecule has 2 aromatic rings. The summed E-state index contributed by atoms with van der Waals surface area (Å²) in [7, 11) is 0. The van der Waals surface area contributed by atoms with Gasteiger partial charge in [0.05, 0.1) is 0 Å². The molecule has 0 aliphatic carbocycles. The van der Waals surface area contributed by atoms with Gasteiger partial charge in [0.25, 0.3) is 0 Å². The monoisotopic (exact) mass is 298 g/mol. The fourth-order valence-corrected chi connectivity index (χ4v) is 2.06. The number of hydrogen-bond donors (Lipinski definition) is 2. The number of benzene rings is 1. The molecule has 0 spiro atoms. The number of guanidine groups is 1. The molecule has 0 saturated heterocycles. The van der Waals surface area contributed by atoms with Gasteiger partial charge in [-0.15, -0.1) is 0 Å². The highest BCUT2D eigenvalue weighted by Gasteiger charge is 1.96. The molecule has 0 fully saturated rings. The first-order valence-corrected chi connectivity index (χ1v) is 7.44. The predicted octanol–water partition coefficient (Wildman–Crippen LogP) is 2.36. The molecule has 0 aliphatic heterocycles. The van der Waals surface area contributed by atoms with Crippen LogP contribution in [-0.4, -0.2) is 17.1 Å². The largest absolute Gasteiger partial charge is 0.370 e. The van der Waals surface area contributed by atoms with Gasteiger partial charge in [0.1, 0.15) is 0 Å². The molecule has 0 atom stereocenters. The average molecular weight is 298 g/mol. The Morgan fingerprint density at radius 2 is 1.95 bits per heavy atom. The van der Waals surface area contributed by atoms with E-state index in [-0.39, 0.29) is 5.56 Å². The van der Waals surface area contributed by atoms with Crippen LogP contribution < -0.4 is 16.6 Å². The van der Waals surface area contributed by atoms with Gasteiger partial charge in [-0.25, -0.2) is 0 Å². The Morgan fingerprint density at radius 3 is 2.68 bits per heavy atom. The van der Waals surface area contributed by atoms with Gasteiger partial charge in [0, 0.05) is 31.0 Å². The van der Waals surface area contributed by atoms with Crippen LogP contribution in [0.1, 0.15) is 18.4 Å². The third-order valence-corrected chi connectivity index (χ3v) is 3.31. The first-order valence-electron chi connectivity index (χ1n) is 7.44. The van der Waals surface area contributed by atoms with Crippen molar-refractivity contribution in [2.75, 3.05) is 11.9 Å². The molecule has 1 aromatic carbocycles. The molecule has 0 amide bonds. The molecule has 3 N–H and O–H groups in total. The van der Waals surface area contributed by atoms with E-state index < -0.39 is 0 Å². The van der Waals surface area contributed by atoms with Crippen LogP contribution in [0.5, 0.6) is 0 Å². The molecule has 5 nitrogen and oxygen atoms in total. The zero-order chi connectivity index (χ0) is 15.8. The van der Waals surface area contributed by atoms with Crippen molar-refractivity contribution in [3.8, 4) is 0 Å². The number of nitrogens with two attached hydrogens (primary N) is 1. The van der Waals surface area contributed by atoms with Gasteiger partial charge in [-0.2, -0.15) is 0 Å². The van der Waals surface area contributed by atoms with Crippen LogP contribution in [0.15, 0.2) is 58.4 Å². The van der Waals surface area contributed by atoms with E-state index in [1.54, 1.807) is 22.9 Å². The summed E-state index contributed by atoms with van der Waals surface area (Å²) in [4.78, 5) is 15.8. The Bertz CT molecular complexity index is 674. The summed E-state index contributed by atoms with van der Waals surface area (Å²) in [6.45, 7) is 3.39. The van der Waals surface area contributed by atoms with Crippen molar-refractivity contribution in [2.45, 2.75) is 26.3 Å². The first kappa shape index (κ1) is 15.8. The van der Waals surface area contributed by atoms with E-state index in [1.165, 1.54) is 5.56 Å². The Balaban J connectivity index is 1.72. The third kappa shape index (κ3) is 5.09. The number of rotatable bonds is 6. The number of unbranched alkanes of at least 4 members (excludes halogenated alkanes) is 1. The molecule has 2 rings (SSSR count). The van der Waals surface area contributed by atoms with Gasteiger partial charge in [-0.3, -0.25) is 9.79 Å². The summed E-state index contributed by atoms with van der Waals surface area (Å²) in [5.74, 6) is 0.417. The molecule has 116 valence electrons.